The van der Waals surface area contributed by atoms with Crippen molar-refractivity contribution >= 4 is 22.6 Å². The third-order valence-corrected chi connectivity index (χ3v) is 5.03. The molecule has 2 N–H and O–H groups in total. The van der Waals surface area contributed by atoms with Crippen LogP contribution >= 0.6 is 0 Å². The topological polar surface area (TPSA) is 62.7 Å². The number of carbonyl (C=O) groups excluding carboxylic acids is 1. The summed E-state index contributed by atoms with van der Waals surface area (Å²) in [5.74, 6) is 0.706. The number of carbonyl (C=O) groups is 1. The molecule has 1 amide bonds. The van der Waals surface area contributed by atoms with Crippen LogP contribution in [-0.4, -0.2) is 20.7 Å². The highest BCUT2D eigenvalue weighted by Crippen LogP contribution is 2.29. The van der Waals surface area contributed by atoms with Gasteiger partial charge in [-0.3, -0.25) is 9.48 Å². The molecule has 0 spiro atoms. The number of fused-ring (bicyclic) bond motifs is 2. The first-order valence-corrected chi connectivity index (χ1v) is 8.82. The van der Waals surface area contributed by atoms with Gasteiger partial charge in [0.2, 0.25) is 0 Å². The normalized spacial score (nSPS) is 14.1. The van der Waals surface area contributed by atoms with Crippen LogP contribution in [0.3, 0.4) is 0 Å². The molecule has 0 saturated carbocycles. The lowest BCUT2D eigenvalue weighted by Crippen LogP contribution is -2.16. The number of aryl methyl sites for hydroxylation is 2. The third kappa shape index (κ3) is 2.73. The SMILES string of the molecule is Cn1nc2c(c1NC(=O)c1cc3ccc(C(C)(C)C)cc3[nH]1)CCC2. The highest BCUT2D eigenvalue weighted by atomic mass is 16.2. The molecule has 0 saturated heterocycles. The van der Waals surface area contributed by atoms with Crippen molar-refractivity contribution in [2.24, 2.45) is 7.05 Å². The van der Waals surface area contributed by atoms with E-state index in [1.54, 1.807) is 4.68 Å². The molecule has 1 aliphatic carbocycles. The minimum absolute atomic E-state index is 0.0803. The van der Waals surface area contributed by atoms with E-state index in [1.807, 2.05) is 13.1 Å². The molecular weight excluding hydrogens is 312 g/mol. The van der Waals surface area contributed by atoms with Gasteiger partial charge in [0, 0.05) is 23.5 Å². The molecule has 25 heavy (non-hydrogen) atoms. The molecule has 1 aromatic carbocycles. The van der Waals surface area contributed by atoms with Crippen LogP contribution in [0.25, 0.3) is 10.9 Å². The molecule has 2 heterocycles. The fourth-order valence-corrected chi connectivity index (χ4v) is 3.57. The Morgan fingerprint density at radius 2 is 2.04 bits per heavy atom. The van der Waals surface area contributed by atoms with E-state index in [0.29, 0.717) is 5.69 Å². The van der Waals surface area contributed by atoms with E-state index in [4.69, 9.17) is 0 Å². The lowest BCUT2D eigenvalue weighted by Gasteiger charge is -2.18. The summed E-state index contributed by atoms with van der Waals surface area (Å²) in [4.78, 5) is 16.0. The monoisotopic (exact) mass is 336 g/mol. The Hall–Kier alpha value is -2.56. The first kappa shape index (κ1) is 15.9. The van der Waals surface area contributed by atoms with Crippen LogP contribution in [0.1, 0.15) is 54.5 Å². The summed E-state index contributed by atoms with van der Waals surface area (Å²) in [5, 5.41) is 8.60. The summed E-state index contributed by atoms with van der Waals surface area (Å²) in [7, 11) is 1.88. The van der Waals surface area contributed by atoms with E-state index in [2.05, 4.69) is 54.4 Å². The molecule has 0 fully saturated rings. The van der Waals surface area contributed by atoms with Crippen molar-refractivity contribution in [1.82, 2.24) is 14.8 Å². The van der Waals surface area contributed by atoms with Crippen LogP contribution in [0, 0.1) is 0 Å². The van der Waals surface area contributed by atoms with Gasteiger partial charge in [-0.2, -0.15) is 5.10 Å². The van der Waals surface area contributed by atoms with Gasteiger partial charge < -0.3 is 10.3 Å². The number of nitrogens with one attached hydrogen (secondary N) is 2. The van der Waals surface area contributed by atoms with Crippen LogP contribution in [0.4, 0.5) is 5.82 Å². The van der Waals surface area contributed by atoms with E-state index in [-0.39, 0.29) is 11.3 Å². The van der Waals surface area contributed by atoms with Crippen molar-refractivity contribution < 1.29 is 4.79 Å². The van der Waals surface area contributed by atoms with Crippen molar-refractivity contribution in [2.45, 2.75) is 45.4 Å². The zero-order chi connectivity index (χ0) is 17.8. The Morgan fingerprint density at radius 1 is 1.24 bits per heavy atom. The molecule has 3 aromatic rings. The van der Waals surface area contributed by atoms with Gasteiger partial charge in [-0.25, -0.2) is 0 Å². The number of hydrogen-bond acceptors (Lipinski definition) is 2. The number of anilines is 1. The highest BCUT2D eigenvalue weighted by Gasteiger charge is 2.23. The van der Waals surface area contributed by atoms with E-state index in [1.165, 1.54) is 11.1 Å². The van der Waals surface area contributed by atoms with Crippen LogP contribution in [0.5, 0.6) is 0 Å². The Morgan fingerprint density at radius 3 is 2.80 bits per heavy atom. The van der Waals surface area contributed by atoms with E-state index >= 15 is 0 Å². The van der Waals surface area contributed by atoms with Gasteiger partial charge >= 0.3 is 0 Å². The maximum absolute atomic E-state index is 12.7. The summed E-state index contributed by atoms with van der Waals surface area (Å²) >= 11 is 0. The van der Waals surface area contributed by atoms with E-state index in [0.717, 1.165) is 41.7 Å². The molecule has 0 atom stereocenters. The Balaban J connectivity index is 1.64. The zero-order valence-electron chi connectivity index (χ0n) is 15.2. The molecule has 2 aromatic heterocycles. The number of rotatable bonds is 2. The quantitative estimate of drug-likeness (QED) is 0.744. The summed E-state index contributed by atoms with van der Waals surface area (Å²) in [5.41, 5.74) is 5.20. The van der Waals surface area contributed by atoms with Gasteiger partial charge in [0.25, 0.3) is 5.91 Å². The smallest absolute Gasteiger partial charge is 0.273 e. The maximum atomic E-state index is 12.7. The minimum Gasteiger partial charge on any atom is -0.351 e. The molecule has 1 aliphatic rings. The molecular formula is C20H24N4O. The van der Waals surface area contributed by atoms with Crippen molar-refractivity contribution in [1.29, 1.82) is 0 Å². The average molecular weight is 336 g/mol. The minimum atomic E-state index is -0.119. The zero-order valence-corrected chi connectivity index (χ0v) is 15.2. The van der Waals surface area contributed by atoms with Crippen molar-refractivity contribution in [3.05, 3.63) is 46.8 Å². The van der Waals surface area contributed by atoms with Crippen molar-refractivity contribution in [3.8, 4) is 0 Å². The second-order valence-corrected chi connectivity index (χ2v) is 7.94. The Kier molecular flexibility index (Phi) is 3.49. The summed E-state index contributed by atoms with van der Waals surface area (Å²) in [6.45, 7) is 6.56. The van der Waals surface area contributed by atoms with Crippen LogP contribution in [0.15, 0.2) is 24.3 Å². The van der Waals surface area contributed by atoms with Gasteiger partial charge in [0.05, 0.1) is 5.69 Å². The summed E-state index contributed by atoms with van der Waals surface area (Å²) in [6.07, 6.45) is 3.10. The van der Waals surface area contributed by atoms with Gasteiger partial charge in [-0.1, -0.05) is 32.9 Å². The number of aromatic amines is 1. The molecule has 0 bridgehead atoms. The number of amides is 1. The number of hydrogen-bond donors (Lipinski definition) is 2. The molecule has 4 rings (SSSR count). The first-order valence-electron chi connectivity index (χ1n) is 8.82. The predicted octanol–water partition coefficient (Wildman–Crippen LogP) is 3.94. The molecule has 5 heteroatoms. The van der Waals surface area contributed by atoms with Crippen LogP contribution in [0.2, 0.25) is 0 Å². The van der Waals surface area contributed by atoms with Gasteiger partial charge in [0.1, 0.15) is 11.5 Å². The molecule has 0 aliphatic heterocycles. The van der Waals surface area contributed by atoms with Crippen molar-refractivity contribution in [3.63, 3.8) is 0 Å². The predicted molar refractivity (Wildman–Crippen MR) is 100 cm³/mol. The fraction of sp³-hybridized carbons (Fsp3) is 0.400. The second kappa shape index (κ2) is 5.48. The van der Waals surface area contributed by atoms with E-state index < -0.39 is 0 Å². The van der Waals surface area contributed by atoms with Crippen LogP contribution < -0.4 is 5.32 Å². The molecule has 130 valence electrons. The Labute approximate surface area is 147 Å². The van der Waals surface area contributed by atoms with Crippen molar-refractivity contribution in [2.75, 3.05) is 5.32 Å². The first-order chi connectivity index (χ1) is 11.8. The molecule has 0 unspecified atom stereocenters. The lowest BCUT2D eigenvalue weighted by atomic mass is 9.87. The largest absolute Gasteiger partial charge is 0.351 e. The standard InChI is InChI=1S/C20H24N4O/c1-20(2,3)13-9-8-12-10-17(21-16(12)11-13)19(25)22-18-14-6-5-7-15(14)23-24(18)4/h8-11,21H,5-7H2,1-4H3,(H,22,25). The van der Waals surface area contributed by atoms with Gasteiger partial charge in [-0.15, -0.1) is 0 Å². The fourth-order valence-electron chi connectivity index (χ4n) is 3.57. The number of benzene rings is 1. The summed E-state index contributed by atoms with van der Waals surface area (Å²) < 4.78 is 1.78. The van der Waals surface area contributed by atoms with Crippen LogP contribution in [-0.2, 0) is 25.3 Å². The molecule has 5 nitrogen and oxygen atoms in total. The number of nitrogens with zero attached hydrogens (tertiary/aromatic N) is 2. The second-order valence-electron chi connectivity index (χ2n) is 7.94. The Bertz CT molecular complexity index is 972. The summed E-state index contributed by atoms with van der Waals surface area (Å²) in [6, 6.07) is 8.25. The third-order valence-electron chi connectivity index (χ3n) is 5.03. The molecule has 0 radical (unpaired) electrons. The van der Waals surface area contributed by atoms with Gasteiger partial charge in [-0.05, 0) is 42.4 Å². The number of H-pyrrole nitrogens is 1. The average Bonchev–Trinajstić information content (AvgIpc) is 3.22. The maximum Gasteiger partial charge on any atom is 0.273 e. The highest BCUT2D eigenvalue weighted by molar-refractivity contribution is 6.06. The number of aromatic nitrogens is 3. The van der Waals surface area contributed by atoms with Gasteiger partial charge in [0.15, 0.2) is 0 Å². The lowest BCUT2D eigenvalue weighted by molar-refractivity contribution is 0.102. The van der Waals surface area contributed by atoms with E-state index in [9.17, 15) is 4.79 Å².